The number of hydrogen-bond acceptors (Lipinski definition) is 3. The van der Waals surface area contributed by atoms with E-state index in [-0.39, 0.29) is 23.3 Å². The van der Waals surface area contributed by atoms with Crippen LogP contribution >= 0.6 is 0 Å². The van der Waals surface area contributed by atoms with Gasteiger partial charge in [-0.2, -0.15) is 0 Å². The number of anilines is 1. The van der Waals surface area contributed by atoms with E-state index in [0.717, 1.165) is 23.8 Å². The number of halogens is 1. The molecule has 0 saturated heterocycles. The molecule has 0 aromatic heterocycles. The fourth-order valence-corrected chi connectivity index (χ4v) is 2.75. The number of rotatable bonds is 5. The monoisotopic (exact) mass is 328 g/mol. The van der Waals surface area contributed by atoms with Gasteiger partial charge in [0, 0.05) is 11.6 Å². The molecule has 0 heterocycles. The third kappa shape index (κ3) is 3.22. The summed E-state index contributed by atoms with van der Waals surface area (Å²) in [4.78, 5) is 23.5. The van der Waals surface area contributed by atoms with Crippen LogP contribution in [0.4, 0.5) is 10.1 Å². The second-order valence-corrected chi connectivity index (χ2v) is 5.77. The Kier molecular flexibility index (Phi) is 4.20. The summed E-state index contributed by atoms with van der Waals surface area (Å²) in [5, 5.41) is 2.71. The maximum atomic E-state index is 13.5. The summed E-state index contributed by atoms with van der Waals surface area (Å²) in [5.74, 6) is -1.01. The number of carbonyl (C=O) groups excluding carboxylic acids is 2. The standard InChI is InChI=1S/C18H17FN2O3/c1-24-12-4-2-3-10(7-12)13-9-14(13)18(23)21-11-5-6-16(19)15(8-11)17(20)22/h2-8,13-14H,9H2,1H3,(H2,20,22)(H,21,23). The van der Waals surface area contributed by atoms with Crippen molar-refractivity contribution in [3.63, 3.8) is 0 Å². The lowest BCUT2D eigenvalue weighted by atomic mass is 10.1. The molecule has 2 aromatic rings. The van der Waals surface area contributed by atoms with Gasteiger partial charge in [0.25, 0.3) is 5.91 Å². The molecule has 3 rings (SSSR count). The van der Waals surface area contributed by atoms with Crippen LogP contribution < -0.4 is 15.8 Å². The van der Waals surface area contributed by atoms with Gasteiger partial charge in [0.1, 0.15) is 11.6 Å². The van der Waals surface area contributed by atoms with Crippen LogP contribution in [0.5, 0.6) is 5.75 Å². The minimum absolute atomic E-state index is 0.135. The van der Waals surface area contributed by atoms with E-state index >= 15 is 0 Å². The SMILES string of the molecule is COc1cccc(C2CC2C(=O)Nc2ccc(F)c(C(N)=O)c2)c1. The minimum atomic E-state index is -0.871. The average molecular weight is 328 g/mol. The molecule has 2 aromatic carbocycles. The summed E-state index contributed by atoms with van der Waals surface area (Å²) in [6.45, 7) is 0. The smallest absolute Gasteiger partial charge is 0.251 e. The van der Waals surface area contributed by atoms with E-state index in [2.05, 4.69) is 5.32 Å². The molecule has 2 amide bonds. The molecular formula is C18H17FN2O3. The number of amides is 2. The highest BCUT2D eigenvalue weighted by Crippen LogP contribution is 2.48. The molecule has 1 aliphatic rings. The largest absolute Gasteiger partial charge is 0.497 e. The third-order valence-electron chi connectivity index (χ3n) is 4.15. The fourth-order valence-electron chi connectivity index (χ4n) is 2.75. The highest BCUT2D eigenvalue weighted by molar-refractivity contribution is 5.98. The maximum Gasteiger partial charge on any atom is 0.251 e. The first-order valence-electron chi connectivity index (χ1n) is 7.53. The van der Waals surface area contributed by atoms with Crippen LogP contribution in [0, 0.1) is 11.7 Å². The van der Waals surface area contributed by atoms with Crippen molar-refractivity contribution in [2.75, 3.05) is 12.4 Å². The summed E-state index contributed by atoms with van der Waals surface area (Å²) in [5.41, 5.74) is 6.27. The van der Waals surface area contributed by atoms with Gasteiger partial charge in [-0.3, -0.25) is 9.59 Å². The topological polar surface area (TPSA) is 81.4 Å². The molecule has 124 valence electrons. The van der Waals surface area contributed by atoms with E-state index in [1.54, 1.807) is 7.11 Å². The van der Waals surface area contributed by atoms with Crippen LogP contribution in [0.1, 0.15) is 28.3 Å². The molecule has 1 saturated carbocycles. The van der Waals surface area contributed by atoms with Crippen LogP contribution in [0.25, 0.3) is 0 Å². The van der Waals surface area contributed by atoms with Crippen LogP contribution in [0.3, 0.4) is 0 Å². The lowest BCUT2D eigenvalue weighted by Gasteiger charge is -2.07. The Hall–Kier alpha value is -2.89. The molecule has 2 atom stereocenters. The van der Waals surface area contributed by atoms with Crippen molar-refractivity contribution in [2.24, 2.45) is 11.7 Å². The first-order chi connectivity index (χ1) is 11.5. The van der Waals surface area contributed by atoms with E-state index in [9.17, 15) is 14.0 Å². The summed E-state index contributed by atoms with van der Waals surface area (Å²) < 4.78 is 18.6. The molecule has 0 bridgehead atoms. The molecule has 1 fully saturated rings. The van der Waals surface area contributed by atoms with Gasteiger partial charge >= 0.3 is 0 Å². The number of primary amides is 1. The summed E-state index contributed by atoms with van der Waals surface area (Å²) in [7, 11) is 1.60. The summed E-state index contributed by atoms with van der Waals surface area (Å²) >= 11 is 0. The number of ether oxygens (including phenoxy) is 1. The number of benzene rings is 2. The molecule has 0 spiro atoms. The lowest BCUT2D eigenvalue weighted by Crippen LogP contribution is -2.17. The Morgan fingerprint density at radius 1 is 1.25 bits per heavy atom. The van der Waals surface area contributed by atoms with Crippen molar-refractivity contribution in [3.8, 4) is 5.75 Å². The predicted molar refractivity (Wildman–Crippen MR) is 87.4 cm³/mol. The molecular weight excluding hydrogens is 311 g/mol. The Bertz CT molecular complexity index is 807. The van der Waals surface area contributed by atoms with Crippen LogP contribution in [-0.4, -0.2) is 18.9 Å². The van der Waals surface area contributed by atoms with Crippen molar-refractivity contribution in [3.05, 3.63) is 59.4 Å². The first kappa shape index (κ1) is 16.0. The normalized spacial score (nSPS) is 18.8. The number of methoxy groups -OCH3 is 1. The number of nitrogens with two attached hydrogens (primary N) is 1. The average Bonchev–Trinajstić information content (AvgIpc) is 3.37. The zero-order valence-corrected chi connectivity index (χ0v) is 13.1. The van der Waals surface area contributed by atoms with Gasteiger partial charge in [-0.05, 0) is 48.2 Å². The first-order valence-corrected chi connectivity index (χ1v) is 7.53. The number of nitrogens with one attached hydrogen (secondary N) is 1. The Morgan fingerprint density at radius 2 is 2.04 bits per heavy atom. The van der Waals surface area contributed by atoms with Crippen LogP contribution in [-0.2, 0) is 4.79 Å². The van der Waals surface area contributed by atoms with Gasteiger partial charge in [-0.1, -0.05) is 12.1 Å². The van der Waals surface area contributed by atoms with Crippen molar-refractivity contribution < 1.29 is 18.7 Å². The third-order valence-corrected chi connectivity index (χ3v) is 4.15. The van der Waals surface area contributed by atoms with E-state index in [1.165, 1.54) is 12.1 Å². The van der Waals surface area contributed by atoms with E-state index in [0.29, 0.717) is 5.69 Å². The zero-order chi connectivity index (χ0) is 17.3. The molecule has 1 aliphatic carbocycles. The van der Waals surface area contributed by atoms with Gasteiger partial charge in [0.05, 0.1) is 12.7 Å². The van der Waals surface area contributed by atoms with Crippen LogP contribution in [0.15, 0.2) is 42.5 Å². The molecule has 3 N–H and O–H groups in total. The predicted octanol–water partition coefficient (Wildman–Crippen LogP) is 2.68. The second-order valence-electron chi connectivity index (χ2n) is 5.77. The summed E-state index contributed by atoms with van der Waals surface area (Å²) in [6, 6.07) is 11.4. The van der Waals surface area contributed by atoms with E-state index in [1.807, 2.05) is 24.3 Å². The molecule has 0 radical (unpaired) electrons. The van der Waals surface area contributed by atoms with E-state index in [4.69, 9.17) is 10.5 Å². The molecule has 6 heteroatoms. The van der Waals surface area contributed by atoms with Crippen molar-refractivity contribution in [1.29, 1.82) is 0 Å². The molecule has 5 nitrogen and oxygen atoms in total. The Morgan fingerprint density at radius 3 is 2.75 bits per heavy atom. The van der Waals surface area contributed by atoms with Gasteiger partial charge in [0.15, 0.2) is 0 Å². The van der Waals surface area contributed by atoms with E-state index < -0.39 is 11.7 Å². The maximum absolute atomic E-state index is 13.5. The highest BCUT2D eigenvalue weighted by Gasteiger charge is 2.44. The molecule has 24 heavy (non-hydrogen) atoms. The lowest BCUT2D eigenvalue weighted by molar-refractivity contribution is -0.117. The van der Waals surface area contributed by atoms with Gasteiger partial charge in [-0.15, -0.1) is 0 Å². The number of hydrogen-bond donors (Lipinski definition) is 2. The minimum Gasteiger partial charge on any atom is -0.497 e. The molecule has 0 aliphatic heterocycles. The van der Waals surface area contributed by atoms with Crippen molar-refractivity contribution in [1.82, 2.24) is 0 Å². The highest BCUT2D eigenvalue weighted by atomic mass is 19.1. The van der Waals surface area contributed by atoms with Crippen molar-refractivity contribution >= 4 is 17.5 Å². The second kappa shape index (κ2) is 6.31. The number of carbonyl (C=O) groups is 2. The van der Waals surface area contributed by atoms with Crippen molar-refractivity contribution in [2.45, 2.75) is 12.3 Å². The molecule has 2 unspecified atom stereocenters. The van der Waals surface area contributed by atoms with Gasteiger partial charge in [-0.25, -0.2) is 4.39 Å². The summed E-state index contributed by atoms with van der Waals surface area (Å²) in [6.07, 6.45) is 0.739. The Labute approximate surface area is 138 Å². The fraction of sp³-hybridized carbons (Fsp3) is 0.222. The van der Waals surface area contributed by atoms with Crippen LogP contribution in [0.2, 0.25) is 0 Å². The van der Waals surface area contributed by atoms with Gasteiger partial charge < -0.3 is 15.8 Å². The quantitative estimate of drug-likeness (QED) is 0.885. The zero-order valence-electron chi connectivity index (χ0n) is 13.1. The van der Waals surface area contributed by atoms with Gasteiger partial charge in [0.2, 0.25) is 5.91 Å². The Balaban J connectivity index is 1.69.